The van der Waals surface area contributed by atoms with E-state index in [1.54, 1.807) is 0 Å². The van der Waals surface area contributed by atoms with Crippen LogP contribution in [0.1, 0.15) is 6.42 Å². The van der Waals surface area contributed by atoms with Crippen LogP contribution in [-0.2, 0) is 19.1 Å². The summed E-state index contributed by atoms with van der Waals surface area (Å²) in [6, 6.07) is 0. The molecule has 1 unspecified atom stereocenters. The summed E-state index contributed by atoms with van der Waals surface area (Å²) in [6.07, 6.45) is -0.951. The Morgan fingerprint density at radius 1 is 0.947 bits per heavy atom. The average Bonchev–Trinajstić information content (AvgIpc) is 2.29. The fourth-order valence-corrected chi connectivity index (χ4v) is 1.77. The molecule has 0 aliphatic rings. The van der Waals surface area contributed by atoms with Gasteiger partial charge in [-0.3, -0.25) is 14.4 Å². The van der Waals surface area contributed by atoms with Gasteiger partial charge in [0.15, 0.2) is 5.60 Å². The molecule has 0 aromatic rings. The van der Waals surface area contributed by atoms with Crippen LogP contribution in [0.15, 0.2) is 0 Å². The maximum Gasteiger partial charge on any atom is 0.251 e. The van der Waals surface area contributed by atoms with Gasteiger partial charge in [0.25, 0.3) is 5.91 Å². The molecule has 0 aromatic heterocycles. The summed E-state index contributed by atoms with van der Waals surface area (Å²) in [5.41, 5.74) is 10.1. The van der Waals surface area contributed by atoms with Crippen LogP contribution in [0.4, 0.5) is 0 Å². The van der Waals surface area contributed by atoms with Crippen molar-refractivity contribution in [3.8, 4) is 0 Å². The summed E-state index contributed by atoms with van der Waals surface area (Å²) in [4.78, 5) is 34.1. The zero-order valence-electron chi connectivity index (χ0n) is 10.0. The van der Waals surface area contributed by atoms with E-state index in [-0.39, 0.29) is 0 Å². The Morgan fingerprint density at radius 2 is 1.42 bits per heavy atom. The van der Waals surface area contributed by atoms with Gasteiger partial charge >= 0.3 is 0 Å². The van der Waals surface area contributed by atoms with Crippen LogP contribution in [0.2, 0.25) is 0 Å². The van der Waals surface area contributed by atoms with Gasteiger partial charge in [-0.25, -0.2) is 0 Å². The molecule has 0 heterocycles. The quantitative estimate of drug-likeness (QED) is 0.228. The van der Waals surface area contributed by atoms with Gasteiger partial charge < -0.3 is 37.3 Å². The van der Waals surface area contributed by atoms with E-state index in [1.807, 2.05) is 0 Å². The summed E-state index contributed by atoms with van der Waals surface area (Å²) < 4.78 is 4.67. The highest BCUT2D eigenvalue weighted by atomic mass is 16.6. The van der Waals surface area contributed by atoms with E-state index >= 15 is 0 Å². The van der Waals surface area contributed by atoms with Crippen LogP contribution in [0.25, 0.3) is 0 Å². The maximum absolute atomic E-state index is 11.6. The van der Waals surface area contributed by atoms with Crippen molar-refractivity contribution < 1.29 is 34.4 Å². The molecule has 9 N–H and O–H groups in total. The molecule has 0 aliphatic carbocycles. The van der Waals surface area contributed by atoms with Crippen LogP contribution in [0, 0.1) is 5.41 Å². The number of amides is 3. The zero-order valence-corrected chi connectivity index (χ0v) is 10.0. The van der Waals surface area contributed by atoms with Gasteiger partial charge in [-0.1, -0.05) is 0 Å². The van der Waals surface area contributed by atoms with Crippen molar-refractivity contribution in [3.63, 3.8) is 0 Å². The topological polar surface area (TPSA) is 199 Å². The number of rotatable bonds is 9. The second kappa shape index (κ2) is 6.43. The Hall–Kier alpha value is -1.75. The molecule has 19 heavy (non-hydrogen) atoms. The minimum absolute atomic E-state index is 0.951. The van der Waals surface area contributed by atoms with E-state index in [1.165, 1.54) is 0 Å². The van der Waals surface area contributed by atoms with Gasteiger partial charge in [0.05, 0.1) is 19.6 Å². The number of aliphatic hydroxyl groups is 3. The monoisotopic (exact) mass is 279 g/mol. The molecular weight excluding hydrogens is 262 g/mol. The molecule has 0 fully saturated rings. The highest BCUT2D eigenvalue weighted by molar-refractivity contribution is 5.97. The molecule has 0 saturated heterocycles. The summed E-state index contributed by atoms with van der Waals surface area (Å²) in [7, 11) is 0. The largest absolute Gasteiger partial charge is 0.395 e. The van der Waals surface area contributed by atoms with Gasteiger partial charge in [-0.05, 0) is 0 Å². The summed E-state index contributed by atoms with van der Waals surface area (Å²) >= 11 is 0. The standard InChI is InChI=1S/C9H17N3O7/c10-5(16)1-9(7(12)18,19-4-15)8(2-13,3-14)6(11)17/h13-15H,1-4H2,(H2,10,16)(H2,11,17)(H2,12,18). The minimum Gasteiger partial charge on any atom is -0.395 e. The van der Waals surface area contributed by atoms with Crippen LogP contribution in [0.5, 0.6) is 0 Å². The van der Waals surface area contributed by atoms with Gasteiger partial charge in [0.2, 0.25) is 11.8 Å². The van der Waals surface area contributed by atoms with Crippen molar-refractivity contribution in [3.05, 3.63) is 0 Å². The molecular formula is C9H17N3O7. The first-order chi connectivity index (χ1) is 8.74. The first kappa shape index (κ1) is 17.2. The number of hydrogen-bond acceptors (Lipinski definition) is 7. The summed E-state index contributed by atoms with van der Waals surface area (Å²) in [5.74, 6) is -3.84. The van der Waals surface area contributed by atoms with Crippen molar-refractivity contribution in [2.24, 2.45) is 22.6 Å². The van der Waals surface area contributed by atoms with Crippen LogP contribution >= 0.6 is 0 Å². The molecule has 1 atom stereocenters. The SMILES string of the molecule is NC(=O)CC(OCO)(C(N)=O)C(CO)(CO)C(N)=O. The number of hydrogen-bond donors (Lipinski definition) is 6. The van der Waals surface area contributed by atoms with Crippen LogP contribution in [-0.4, -0.2) is 58.6 Å². The van der Waals surface area contributed by atoms with Crippen molar-refractivity contribution in [2.45, 2.75) is 12.0 Å². The number of primary amides is 3. The number of aliphatic hydroxyl groups excluding tert-OH is 3. The van der Waals surface area contributed by atoms with Crippen molar-refractivity contribution in [1.29, 1.82) is 0 Å². The summed E-state index contributed by atoms with van der Waals surface area (Å²) in [6.45, 7) is -3.41. The highest BCUT2D eigenvalue weighted by Gasteiger charge is 2.61. The molecule has 0 saturated carbocycles. The molecule has 0 rings (SSSR count). The number of ether oxygens (including phenoxy) is 1. The Kier molecular flexibility index (Phi) is 5.83. The number of carbonyl (C=O) groups excluding carboxylic acids is 3. The third kappa shape index (κ3) is 2.81. The Morgan fingerprint density at radius 3 is 1.63 bits per heavy atom. The summed E-state index contributed by atoms with van der Waals surface area (Å²) in [5, 5.41) is 27.4. The third-order valence-corrected chi connectivity index (χ3v) is 2.92. The van der Waals surface area contributed by atoms with Crippen molar-refractivity contribution >= 4 is 17.7 Å². The Labute approximate surface area is 108 Å². The van der Waals surface area contributed by atoms with Gasteiger partial charge in [0.1, 0.15) is 12.2 Å². The lowest BCUT2D eigenvalue weighted by molar-refractivity contribution is -0.207. The molecule has 0 bridgehead atoms. The Balaban J connectivity index is 6.09. The minimum atomic E-state index is -2.55. The molecule has 0 radical (unpaired) electrons. The fourth-order valence-electron chi connectivity index (χ4n) is 1.77. The lowest BCUT2D eigenvalue weighted by atomic mass is 9.69. The molecule has 3 amide bonds. The van der Waals surface area contributed by atoms with Crippen molar-refractivity contribution in [2.75, 3.05) is 20.0 Å². The van der Waals surface area contributed by atoms with Crippen LogP contribution < -0.4 is 17.2 Å². The van der Waals surface area contributed by atoms with Gasteiger partial charge in [0, 0.05) is 0 Å². The lowest BCUT2D eigenvalue weighted by Gasteiger charge is -2.42. The normalized spacial score (nSPS) is 14.7. The molecule has 0 aromatic carbocycles. The predicted octanol–water partition coefficient (Wildman–Crippen LogP) is -4.49. The van der Waals surface area contributed by atoms with E-state index < -0.39 is 55.2 Å². The Bertz CT molecular complexity index is 369. The fraction of sp³-hybridized carbons (Fsp3) is 0.667. The van der Waals surface area contributed by atoms with E-state index in [4.69, 9.17) is 22.3 Å². The predicted molar refractivity (Wildman–Crippen MR) is 59.7 cm³/mol. The van der Waals surface area contributed by atoms with E-state index in [9.17, 15) is 24.6 Å². The lowest BCUT2D eigenvalue weighted by Crippen LogP contribution is -2.68. The van der Waals surface area contributed by atoms with Gasteiger partial charge in [-0.2, -0.15) is 0 Å². The molecule has 10 heteroatoms. The van der Waals surface area contributed by atoms with E-state index in [2.05, 4.69) is 4.74 Å². The number of carbonyl (C=O) groups is 3. The van der Waals surface area contributed by atoms with Gasteiger partial charge in [-0.15, -0.1) is 0 Å². The average molecular weight is 279 g/mol. The second-order valence-electron chi connectivity index (χ2n) is 3.87. The first-order valence-electron chi connectivity index (χ1n) is 5.08. The second-order valence-corrected chi connectivity index (χ2v) is 3.87. The van der Waals surface area contributed by atoms with Crippen LogP contribution in [0.3, 0.4) is 0 Å². The van der Waals surface area contributed by atoms with Crippen molar-refractivity contribution in [1.82, 2.24) is 0 Å². The molecule has 110 valence electrons. The maximum atomic E-state index is 11.6. The first-order valence-corrected chi connectivity index (χ1v) is 5.08. The third-order valence-electron chi connectivity index (χ3n) is 2.92. The molecule has 0 aliphatic heterocycles. The zero-order chi connectivity index (χ0) is 15.3. The smallest absolute Gasteiger partial charge is 0.251 e. The van der Waals surface area contributed by atoms with E-state index in [0.29, 0.717) is 0 Å². The molecule has 0 spiro atoms. The molecule has 10 nitrogen and oxygen atoms in total. The number of nitrogens with two attached hydrogens (primary N) is 3. The van der Waals surface area contributed by atoms with E-state index in [0.717, 1.165) is 0 Å². The highest BCUT2D eigenvalue weighted by Crippen LogP contribution is 2.37.